The van der Waals surface area contributed by atoms with E-state index in [2.05, 4.69) is 60.6 Å². The molecule has 0 fully saturated rings. The van der Waals surface area contributed by atoms with Gasteiger partial charge < -0.3 is 9.84 Å². The molecule has 2 heteroatoms. The van der Waals surface area contributed by atoms with Gasteiger partial charge in [0.2, 0.25) is 0 Å². The minimum atomic E-state index is -0.138. The topological polar surface area (TPSA) is 29.5 Å². The third-order valence-electron chi connectivity index (χ3n) is 5.39. The van der Waals surface area contributed by atoms with Crippen LogP contribution in [0, 0.1) is 6.92 Å². The van der Waals surface area contributed by atoms with Crippen LogP contribution in [0.4, 0.5) is 0 Å². The van der Waals surface area contributed by atoms with E-state index in [1.165, 1.54) is 5.56 Å². The molecule has 0 aromatic heterocycles. The van der Waals surface area contributed by atoms with Crippen LogP contribution < -0.4 is 4.74 Å². The number of hydrogen-bond donors (Lipinski definition) is 1. The quantitative estimate of drug-likeness (QED) is 0.439. The second kappa shape index (κ2) is 8.63. The number of ether oxygens (including phenoxy) is 1. The number of aliphatic hydroxyl groups is 1. The Hall–Kier alpha value is -3.00. The van der Waals surface area contributed by atoms with Gasteiger partial charge in [0.1, 0.15) is 5.75 Å². The molecule has 0 aliphatic rings. The molecule has 162 valence electrons. The number of rotatable bonds is 4. The minimum Gasteiger partial charge on any atom is -0.480 e. The van der Waals surface area contributed by atoms with Gasteiger partial charge >= 0.3 is 0 Å². The second-order valence-corrected chi connectivity index (χ2v) is 10.2. The first-order chi connectivity index (χ1) is 14.5. The molecule has 0 unspecified atom stereocenters. The van der Waals surface area contributed by atoms with Crippen LogP contribution in [0.2, 0.25) is 0 Å². The summed E-state index contributed by atoms with van der Waals surface area (Å²) in [5.74, 6) is 0.657. The number of hydrogen-bond acceptors (Lipinski definition) is 2. The van der Waals surface area contributed by atoms with Gasteiger partial charge in [-0.15, -0.1) is 0 Å². The summed E-state index contributed by atoms with van der Waals surface area (Å²) in [5.41, 5.74) is 5.59. The lowest BCUT2D eigenvalue weighted by atomic mass is 9.78. The maximum absolute atomic E-state index is 11.4. The summed E-state index contributed by atoms with van der Waals surface area (Å²) >= 11 is 0. The molecule has 0 atom stereocenters. The lowest BCUT2D eigenvalue weighted by Crippen LogP contribution is -2.20. The highest BCUT2D eigenvalue weighted by Gasteiger charge is 2.29. The molecule has 0 radical (unpaired) electrons. The Morgan fingerprint density at radius 2 is 1.06 bits per heavy atom. The molecule has 0 aliphatic heterocycles. The Morgan fingerprint density at radius 1 is 0.677 bits per heavy atom. The summed E-state index contributed by atoms with van der Waals surface area (Å²) in [6.45, 7) is 15.2. The summed E-state index contributed by atoms with van der Waals surface area (Å²) in [6.07, 6.45) is 0. The molecule has 3 aromatic carbocycles. The van der Waals surface area contributed by atoms with Gasteiger partial charge in [-0.05, 0) is 28.9 Å². The minimum absolute atomic E-state index is 0.0859. The maximum Gasteiger partial charge on any atom is 0.291 e. The van der Waals surface area contributed by atoms with Crippen LogP contribution >= 0.6 is 0 Å². The number of benzene rings is 3. The summed E-state index contributed by atoms with van der Waals surface area (Å²) in [4.78, 5) is 0. The molecule has 1 N–H and O–H groups in total. The smallest absolute Gasteiger partial charge is 0.291 e. The van der Waals surface area contributed by atoms with Gasteiger partial charge in [0.25, 0.3) is 5.95 Å². The molecule has 3 rings (SSSR count). The summed E-state index contributed by atoms with van der Waals surface area (Å²) < 4.78 is 6.39. The Labute approximate surface area is 187 Å². The molecule has 0 amide bonds. The van der Waals surface area contributed by atoms with Gasteiger partial charge in [-0.3, -0.25) is 0 Å². The highest BCUT2D eigenvalue weighted by Crippen LogP contribution is 2.42. The normalized spacial score (nSPS) is 11.8. The van der Waals surface area contributed by atoms with E-state index in [-0.39, 0.29) is 16.8 Å². The van der Waals surface area contributed by atoms with Gasteiger partial charge in [-0.2, -0.15) is 0 Å². The Morgan fingerprint density at radius 3 is 1.42 bits per heavy atom. The van der Waals surface area contributed by atoms with Crippen LogP contribution in [0.25, 0.3) is 5.57 Å². The SMILES string of the molecule is Cc1cc(C(C)(C)C)c(OC(O)=C(c2ccccc2)c2ccccc2)c(C(C)(C)C)c1. The second-order valence-electron chi connectivity index (χ2n) is 10.2. The van der Waals surface area contributed by atoms with Gasteiger partial charge in [0.05, 0.1) is 5.57 Å². The average Bonchev–Trinajstić information content (AvgIpc) is 2.69. The molecule has 0 bridgehead atoms. The predicted molar refractivity (Wildman–Crippen MR) is 131 cm³/mol. The van der Waals surface area contributed by atoms with E-state index in [0.717, 1.165) is 28.0 Å². The van der Waals surface area contributed by atoms with Gasteiger partial charge in [-0.1, -0.05) is 120 Å². The highest BCUT2D eigenvalue weighted by atomic mass is 16.6. The fourth-order valence-corrected chi connectivity index (χ4v) is 3.77. The molecular formula is C29H34O2. The van der Waals surface area contributed by atoms with E-state index in [0.29, 0.717) is 5.57 Å². The zero-order valence-electron chi connectivity index (χ0n) is 19.8. The molecule has 0 spiro atoms. The molecule has 0 heterocycles. The first-order valence-corrected chi connectivity index (χ1v) is 10.9. The van der Waals surface area contributed by atoms with Crippen molar-refractivity contribution in [2.45, 2.75) is 59.3 Å². The van der Waals surface area contributed by atoms with Crippen LogP contribution in [0.5, 0.6) is 5.75 Å². The van der Waals surface area contributed by atoms with Crippen LogP contribution in [0.3, 0.4) is 0 Å². The van der Waals surface area contributed by atoms with Crippen molar-refractivity contribution >= 4 is 5.57 Å². The van der Waals surface area contributed by atoms with Crippen molar-refractivity contribution in [3.05, 3.63) is 107 Å². The molecule has 31 heavy (non-hydrogen) atoms. The largest absolute Gasteiger partial charge is 0.480 e. The third-order valence-corrected chi connectivity index (χ3v) is 5.39. The Bertz CT molecular complexity index is 987. The maximum atomic E-state index is 11.4. The fraction of sp³-hybridized carbons (Fsp3) is 0.310. The van der Waals surface area contributed by atoms with Gasteiger partial charge in [-0.25, -0.2) is 0 Å². The number of aliphatic hydroxyl groups excluding tert-OH is 1. The zero-order valence-corrected chi connectivity index (χ0v) is 19.8. The first-order valence-electron chi connectivity index (χ1n) is 10.9. The van der Waals surface area contributed by atoms with Crippen molar-refractivity contribution in [2.75, 3.05) is 0 Å². The van der Waals surface area contributed by atoms with Crippen molar-refractivity contribution in [3.63, 3.8) is 0 Å². The monoisotopic (exact) mass is 414 g/mol. The predicted octanol–water partition coefficient (Wildman–Crippen LogP) is 7.94. The van der Waals surface area contributed by atoms with Crippen molar-refractivity contribution in [1.29, 1.82) is 0 Å². The first kappa shape index (κ1) is 22.7. The average molecular weight is 415 g/mol. The van der Waals surface area contributed by atoms with E-state index in [1.54, 1.807) is 0 Å². The van der Waals surface area contributed by atoms with Crippen LogP contribution in [0.1, 0.15) is 69.4 Å². The lowest BCUT2D eigenvalue weighted by molar-refractivity contribution is 0.206. The standard InChI is InChI=1S/C29H34O2/c1-20-18-23(28(2,3)4)26(24(19-20)29(5,6)7)31-27(30)25(21-14-10-8-11-15-21)22-16-12-9-13-17-22/h8-19,30H,1-7H3. The summed E-state index contributed by atoms with van der Waals surface area (Å²) in [7, 11) is 0. The summed E-state index contributed by atoms with van der Waals surface area (Å²) in [6, 6.07) is 24.1. The zero-order chi connectivity index (χ0) is 22.8. The van der Waals surface area contributed by atoms with Crippen LogP contribution in [-0.4, -0.2) is 5.11 Å². The van der Waals surface area contributed by atoms with E-state index in [9.17, 15) is 5.11 Å². The lowest BCUT2D eigenvalue weighted by Gasteiger charge is -2.30. The van der Waals surface area contributed by atoms with Crippen molar-refractivity contribution in [1.82, 2.24) is 0 Å². The van der Waals surface area contributed by atoms with Gasteiger partial charge in [0.15, 0.2) is 0 Å². The van der Waals surface area contributed by atoms with E-state index >= 15 is 0 Å². The van der Waals surface area contributed by atoms with Crippen LogP contribution in [-0.2, 0) is 10.8 Å². The van der Waals surface area contributed by atoms with Crippen molar-refractivity contribution in [3.8, 4) is 5.75 Å². The van der Waals surface area contributed by atoms with E-state index in [4.69, 9.17) is 4.74 Å². The van der Waals surface area contributed by atoms with E-state index < -0.39 is 0 Å². The van der Waals surface area contributed by atoms with Crippen LogP contribution in [0.15, 0.2) is 78.7 Å². The molecular weight excluding hydrogens is 380 g/mol. The molecule has 0 saturated carbocycles. The number of aryl methyl sites for hydroxylation is 1. The Kier molecular flexibility index (Phi) is 6.31. The fourth-order valence-electron chi connectivity index (χ4n) is 3.77. The molecule has 3 aromatic rings. The van der Waals surface area contributed by atoms with Crippen molar-refractivity contribution in [2.24, 2.45) is 0 Å². The van der Waals surface area contributed by atoms with Gasteiger partial charge in [0, 0.05) is 11.1 Å². The Balaban J connectivity index is 2.27. The summed E-state index contributed by atoms with van der Waals surface area (Å²) in [5, 5.41) is 11.4. The molecule has 2 nitrogen and oxygen atoms in total. The third kappa shape index (κ3) is 5.19. The van der Waals surface area contributed by atoms with Crippen molar-refractivity contribution < 1.29 is 9.84 Å². The highest BCUT2D eigenvalue weighted by molar-refractivity contribution is 5.80. The molecule has 0 saturated heterocycles. The molecule has 0 aliphatic carbocycles. The van der Waals surface area contributed by atoms with E-state index in [1.807, 2.05) is 60.7 Å².